The summed E-state index contributed by atoms with van der Waals surface area (Å²) in [4.78, 5) is 13.0. The first-order valence-corrected chi connectivity index (χ1v) is 25.4. The molecule has 1 heterocycles. The molecule has 1 saturated heterocycles. The zero-order valence-corrected chi connectivity index (χ0v) is 38.1. The van der Waals surface area contributed by atoms with Gasteiger partial charge < -0.3 is 35.2 Å². The molecular weight excluding hydrogens is 775 g/mol. The molecule has 0 spiro atoms. The maximum absolute atomic E-state index is 13.0. The van der Waals surface area contributed by atoms with Crippen molar-refractivity contribution >= 4 is 16.3 Å². The number of nitrogens with one attached hydrogen (secondary N) is 1. The van der Waals surface area contributed by atoms with E-state index < -0.39 is 59.9 Å². The number of aliphatic hydroxyl groups excluding tert-OH is 4. The van der Waals surface area contributed by atoms with Gasteiger partial charge in [0.05, 0.1) is 25.4 Å². The van der Waals surface area contributed by atoms with Crippen molar-refractivity contribution in [3.8, 4) is 0 Å². The smallest absolute Gasteiger partial charge is 0.394 e. The van der Waals surface area contributed by atoms with E-state index in [0.717, 1.165) is 38.5 Å². The number of amides is 1. The summed E-state index contributed by atoms with van der Waals surface area (Å²) in [6.45, 7) is 3.40. The number of allylic oxidation sites excluding steroid dienone is 1. The summed E-state index contributed by atoms with van der Waals surface area (Å²) >= 11 is 0. The van der Waals surface area contributed by atoms with Crippen molar-refractivity contribution in [1.29, 1.82) is 0 Å². The molecule has 0 bridgehead atoms. The van der Waals surface area contributed by atoms with Gasteiger partial charge in [-0.15, -0.1) is 0 Å². The van der Waals surface area contributed by atoms with Crippen LogP contribution in [0.2, 0.25) is 0 Å². The zero-order valence-electron chi connectivity index (χ0n) is 37.3. The van der Waals surface area contributed by atoms with Crippen LogP contribution in [0.1, 0.15) is 219 Å². The van der Waals surface area contributed by atoms with Crippen LogP contribution in [0, 0.1) is 0 Å². The van der Waals surface area contributed by atoms with E-state index in [-0.39, 0.29) is 18.9 Å². The second-order valence-corrected chi connectivity index (χ2v) is 18.1. The molecule has 0 aromatic carbocycles. The van der Waals surface area contributed by atoms with Crippen LogP contribution in [0.25, 0.3) is 0 Å². The van der Waals surface area contributed by atoms with Crippen molar-refractivity contribution in [2.24, 2.45) is 0 Å². The molecule has 1 amide bonds. The van der Waals surface area contributed by atoms with Gasteiger partial charge in [-0.05, 0) is 19.3 Å². The average molecular weight is 864 g/mol. The van der Waals surface area contributed by atoms with E-state index in [0.29, 0.717) is 6.42 Å². The second-order valence-electron chi connectivity index (χ2n) is 17.1. The molecule has 7 unspecified atom stereocenters. The number of hydrogen-bond acceptors (Lipinski definition) is 10. The summed E-state index contributed by atoms with van der Waals surface area (Å²) in [5.74, 6) is -0.259. The fraction of sp³-hybridized carbons (Fsp3) is 0.935. The topological polar surface area (TPSA) is 192 Å². The summed E-state index contributed by atoms with van der Waals surface area (Å²) in [6.07, 6.45) is 32.4. The SMILES string of the molecule is CCCCCCCCCCCCCCC/C=C/C(O)C(COC1OC(CO)C(O)C(OS(=O)(=O)O)C1O)NC(=O)CCCCCCCCCCCCCCCCCCC. The quantitative estimate of drug-likeness (QED) is 0.0195. The Balaban J connectivity index is 2.50. The van der Waals surface area contributed by atoms with E-state index >= 15 is 0 Å². The molecule has 1 aliphatic heterocycles. The van der Waals surface area contributed by atoms with E-state index in [1.807, 2.05) is 6.08 Å². The van der Waals surface area contributed by atoms with Crippen LogP contribution >= 0.6 is 0 Å². The minimum atomic E-state index is -5.08. The Labute approximate surface area is 360 Å². The third kappa shape index (κ3) is 30.5. The van der Waals surface area contributed by atoms with Crippen LogP contribution in [-0.4, -0.2) is 95.4 Å². The van der Waals surface area contributed by atoms with E-state index in [1.165, 1.54) is 154 Å². The Hall–Kier alpha value is -1.16. The first-order valence-electron chi connectivity index (χ1n) is 24.1. The monoisotopic (exact) mass is 864 g/mol. The van der Waals surface area contributed by atoms with Gasteiger partial charge in [-0.25, -0.2) is 4.18 Å². The van der Waals surface area contributed by atoms with Crippen LogP contribution in [0.4, 0.5) is 0 Å². The number of aliphatic hydroxyl groups is 4. The summed E-state index contributed by atoms with van der Waals surface area (Å²) in [5.41, 5.74) is 0. The van der Waals surface area contributed by atoms with Crippen LogP contribution in [-0.2, 0) is 28.9 Å². The normalized spacial score (nSPS) is 21.0. The lowest BCUT2D eigenvalue weighted by Crippen LogP contribution is -2.61. The van der Waals surface area contributed by atoms with Gasteiger partial charge in [0.1, 0.15) is 24.4 Å². The summed E-state index contributed by atoms with van der Waals surface area (Å²) in [5, 5.41) is 44.7. The summed E-state index contributed by atoms with van der Waals surface area (Å²) in [6, 6.07) is -0.938. The van der Waals surface area contributed by atoms with E-state index in [4.69, 9.17) is 9.47 Å². The number of carbonyl (C=O) groups excluding carboxylic acids is 1. The Morgan fingerprint density at radius 1 is 0.661 bits per heavy atom. The minimum absolute atomic E-state index is 0.259. The molecular formula is C46H89NO11S. The second kappa shape index (κ2) is 37.4. The number of carbonyl (C=O) groups is 1. The zero-order chi connectivity index (χ0) is 43.4. The summed E-state index contributed by atoms with van der Waals surface area (Å²) < 4.78 is 47.6. The fourth-order valence-electron chi connectivity index (χ4n) is 7.81. The Bertz CT molecular complexity index is 1110. The highest BCUT2D eigenvalue weighted by molar-refractivity contribution is 7.80. The molecule has 7 atom stereocenters. The average Bonchev–Trinajstić information content (AvgIpc) is 3.20. The van der Waals surface area contributed by atoms with Crippen molar-refractivity contribution in [2.75, 3.05) is 13.2 Å². The molecule has 6 N–H and O–H groups in total. The van der Waals surface area contributed by atoms with Crippen molar-refractivity contribution < 1.29 is 51.8 Å². The molecule has 12 nitrogen and oxygen atoms in total. The van der Waals surface area contributed by atoms with Crippen molar-refractivity contribution in [1.82, 2.24) is 5.32 Å². The number of ether oxygens (including phenoxy) is 2. The minimum Gasteiger partial charge on any atom is -0.394 e. The molecule has 0 aliphatic carbocycles. The third-order valence-corrected chi connectivity index (χ3v) is 12.0. The molecule has 0 aromatic heterocycles. The van der Waals surface area contributed by atoms with Crippen molar-refractivity contribution in [2.45, 2.75) is 262 Å². The van der Waals surface area contributed by atoms with Crippen LogP contribution < -0.4 is 5.32 Å². The molecule has 0 aromatic rings. The molecule has 59 heavy (non-hydrogen) atoms. The lowest BCUT2D eigenvalue weighted by Gasteiger charge is -2.41. The third-order valence-electron chi connectivity index (χ3n) is 11.6. The van der Waals surface area contributed by atoms with Crippen LogP contribution in [0.5, 0.6) is 0 Å². The highest BCUT2D eigenvalue weighted by atomic mass is 32.3. The Morgan fingerprint density at radius 2 is 1.07 bits per heavy atom. The van der Waals surface area contributed by atoms with Gasteiger partial charge in [0.25, 0.3) is 0 Å². The van der Waals surface area contributed by atoms with E-state index in [2.05, 4.69) is 23.3 Å². The molecule has 1 fully saturated rings. The van der Waals surface area contributed by atoms with Gasteiger partial charge in [-0.2, -0.15) is 8.42 Å². The lowest BCUT2D eigenvalue weighted by molar-refractivity contribution is -0.298. The predicted octanol–water partition coefficient (Wildman–Crippen LogP) is 9.55. The van der Waals surface area contributed by atoms with Gasteiger partial charge in [-0.3, -0.25) is 9.35 Å². The number of hydrogen-bond donors (Lipinski definition) is 6. The number of rotatable bonds is 41. The van der Waals surface area contributed by atoms with Gasteiger partial charge in [0, 0.05) is 6.42 Å². The van der Waals surface area contributed by atoms with E-state index in [1.54, 1.807) is 6.08 Å². The molecule has 0 saturated carbocycles. The van der Waals surface area contributed by atoms with Gasteiger partial charge in [0.15, 0.2) is 6.29 Å². The maximum Gasteiger partial charge on any atom is 0.397 e. The number of unbranched alkanes of at least 4 members (excludes halogenated alkanes) is 29. The fourth-order valence-corrected chi connectivity index (χ4v) is 8.32. The summed E-state index contributed by atoms with van der Waals surface area (Å²) in [7, 11) is -5.08. The molecule has 350 valence electrons. The van der Waals surface area contributed by atoms with Crippen molar-refractivity contribution in [3.63, 3.8) is 0 Å². The Kier molecular flexibility index (Phi) is 35.4. The first kappa shape index (κ1) is 55.9. The highest BCUT2D eigenvalue weighted by Crippen LogP contribution is 2.26. The van der Waals surface area contributed by atoms with E-state index in [9.17, 15) is 38.2 Å². The first-order chi connectivity index (χ1) is 28.5. The standard InChI is InChI=1S/C46H89NO11S/c1-3-5-7-9-11-13-15-17-19-20-22-24-26-28-30-32-34-36-42(50)47-39(38-56-46-44(52)45(58-59(53,54)55)43(51)41(37-48)57-46)40(49)35-33-31-29-27-25-23-21-18-16-14-12-10-8-6-4-2/h33,35,39-41,43-46,48-49,51-52H,3-32,34,36-38H2,1-2H3,(H,47,50)(H,53,54,55)/b35-33+. The van der Waals surface area contributed by atoms with Gasteiger partial charge in [0.2, 0.25) is 5.91 Å². The predicted molar refractivity (Wildman–Crippen MR) is 236 cm³/mol. The van der Waals surface area contributed by atoms with Crippen molar-refractivity contribution in [3.05, 3.63) is 12.2 Å². The molecule has 13 heteroatoms. The van der Waals surface area contributed by atoms with Gasteiger partial charge >= 0.3 is 10.4 Å². The molecule has 0 radical (unpaired) electrons. The highest BCUT2D eigenvalue weighted by Gasteiger charge is 2.48. The molecule has 1 aliphatic rings. The largest absolute Gasteiger partial charge is 0.397 e. The lowest BCUT2D eigenvalue weighted by atomic mass is 9.99. The van der Waals surface area contributed by atoms with Gasteiger partial charge in [-0.1, -0.05) is 206 Å². The van der Waals surface area contributed by atoms with Crippen LogP contribution in [0.3, 0.4) is 0 Å². The van der Waals surface area contributed by atoms with Crippen LogP contribution in [0.15, 0.2) is 12.2 Å². The molecule has 1 rings (SSSR count). The maximum atomic E-state index is 13.0. The Morgan fingerprint density at radius 3 is 1.47 bits per heavy atom.